The highest BCUT2D eigenvalue weighted by atomic mass is 16.5. The van der Waals surface area contributed by atoms with Gasteiger partial charge in [0.15, 0.2) is 0 Å². The van der Waals surface area contributed by atoms with Crippen molar-refractivity contribution < 1.29 is 9.53 Å². The number of nitrogens with one attached hydrogen (secondary N) is 1. The summed E-state index contributed by atoms with van der Waals surface area (Å²) in [7, 11) is 0. The summed E-state index contributed by atoms with van der Waals surface area (Å²) in [4.78, 5) is 39.0. The van der Waals surface area contributed by atoms with Gasteiger partial charge in [0, 0.05) is 42.3 Å². The number of amides is 1. The summed E-state index contributed by atoms with van der Waals surface area (Å²) in [5, 5.41) is 5.40. The van der Waals surface area contributed by atoms with Crippen LogP contribution in [0.2, 0.25) is 0 Å². The molecule has 1 aliphatic heterocycles. The maximum atomic E-state index is 14.3. The van der Waals surface area contributed by atoms with Crippen molar-refractivity contribution in [3.8, 4) is 5.69 Å². The van der Waals surface area contributed by atoms with Gasteiger partial charge in [-0.05, 0) is 55.6 Å². The third kappa shape index (κ3) is 4.53. The standard InChI is InChI=1S/C31H29N5O3/c1-20(34-30(37)27-21(2)33-19-23-9-7-13-32-29(23)27)26-18-22-8-6-12-25(35-14-16-39-17-15-35)28(22)31(38)36(26)24-10-4-3-5-11-24/h3-13,18-20H,14-17H2,1-2H3,(H,34,37)/t20-/m0/s1. The van der Waals surface area contributed by atoms with Gasteiger partial charge in [0.1, 0.15) is 0 Å². The number of aromatic nitrogens is 3. The maximum Gasteiger partial charge on any atom is 0.265 e. The van der Waals surface area contributed by atoms with E-state index in [9.17, 15) is 9.59 Å². The second-order valence-corrected chi connectivity index (χ2v) is 9.74. The Kier molecular flexibility index (Phi) is 6.54. The number of hydrogen-bond acceptors (Lipinski definition) is 6. The number of pyridine rings is 3. The van der Waals surface area contributed by atoms with Crippen molar-refractivity contribution in [3.63, 3.8) is 0 Å². The topological polar surface area (TPSA) is 89.4 Å². The van der Waals surface area contributed by atoms with Gasteiger partial charge < -0.3 is 15.0 Å². The fourth-order valence-electron chi connectivity index (χ4n) is 5.34. The molecule has 0 aliphatic carbocycles. The lowest BCUT2D eigenvalue weighted by molar-refractivity contribution is 0.0939. The number of carbonyl (C=O) groups excluding carboxylic acids is 1. The minimum absolute atomic E-state index is 0.124. The van der Waals surface area contributed by atoms with Gasteiger partial charge in [-0.2, -0.15) is 0 Å². The number of aryl methyl sites for hydroxylation is 1. The van der Waals surface area contributed by atoms with Crippen LogP contribution in [0.1, 0.15) is 34.7 Å². The van der Waals surface area contributed by atoms with Crippen LogP contribution in [-0.2, 0) is 4.74 Å². The van der Waals surface area contributed by atoms with Gasteiger partial charge in [0.25, 0.3) is 11.5 Å². The third-order valence-electron chi connectivity index (χ3n) is 7.27. The van der Waals surface area contributed by atoms with Crippen LogP contribution >= 0.6 is 0 Å². The number of benzene rings is 2. The quantitative estimate of drug-likeness (QED) is 0.366. The molecule has 0 saturated carbocycles. The molecular formula is C31H29N5O3. The van der Waals surface area contributed by atoms with Crippen molar-refractivity contribution in [3.05, 3.63) is 106 Å². The first kappa shape index (κ1) is 24.8. The first-order valence-corrected chi connectivity index (χ1v) is 13.1. The van der Waals surface area contributed by atoms with E-state index in [-0.39, 0.29) is 11.5 Å². The van der Waals surface area contributed by atoms with E-state index < -0.39 is 6.04 Å². The van der Waals surface area contributed by atoms with E-state index in [1.54, 1.807) is 23.9 Å². The Morgan fingerprint density at radius 2 is 1.74 bits per heavy atom. The summed E-state index contributed by atoms with van der Waals surface area (Å²) in [5.74, 6) is -0.286. The van der Waals surface area contributed by atoms with E-state index in [1.165, 1.54) is 0 Å². The Balaban J connectivity index is 1.48. The molecule has 5 aromatic rings. The molecule has 8 heteroatoms. The van der Waals surface area contributed by atoms with Crippen LogP contribution in [0.4, 0.5) is 5.69 Å². The molecule has 0 unspecified atom stereocenters. The molecule has 39 heavy (non-hydrogen) atoms. The smallest absolute Gasteiger partial charge is 0.265 e. The number of anilines is 1. The minimum atomic E-state index is -0.486. The largest absolute Gasteiger partial charge is 0.378 e. The van der Waals surface area contributed by atoms with E-state index in [4.69, 9.17) is 4.74 Å². The van der Waals surface area contributed by atoms with Crippen molar-refractivity contribution in [1.29, 1.82) is 0 Å². The van der Waals surface area contributed by atoms with Crippen LogP contribution < -0.4 is 15.8 Å². The van der Waals surface area contributed by atoms with E-state index in [1.807, 2.05) is 73.7 Å². The number of hydrogen-bond donors (Lipinski definition) is 1. The average molecular weight is 520 g/mol. The zero-order valence-electron chi connectivity index (χ0n) is 21.9. The van der Waals surface area contributed by atoms with Crippen molar-refractivity contribution in [1.82, 2.24) is 19.9 Å². The van der Waals surface area contributed by atoms with Crippen molar-refractivity contribution in [2.24, 2.45) is 0 Å². The molecule has 1 fully saturated rings. The Bertz CT molecular complexity index is 1740. The highest BCUT2D eigenvalue weighted by Gasteiger charge is 2.24. The molecule has 1 amide bonds. The Morgan fingerprint density at radius 3 is 2.54 bits per heavy atom. The second kappa shape index (κ2) is 10.3. The Hall–Kier alpha value is -4.56. The molecule has 1 aliphatic rings. The van der Waals surface area contributed by atoms with Gasteiger partial charge in [0.05, 0.1) is 47.1 Å². The molecule has 196 valence electrons. The molecular weight excluding hydrogens is 490 g/mol. The van der Waals surface area contributed by atoms with Gasteiger partial charge in [-0.25, -0.2) is 0 Å². The molecule has 4 heterocycles. The Morgan fingerprint density at radius 1 is 0.974 bits per heavy atom. The summed E-state index contributed by atoms with van der Waals surface area (Å²) in [6.45, 7) is 6.40. The summed E-state index contributed by atoms with van der Waals surface area (Å²) < 4.78 is 7.25. The summed E-state index contributed by atoms with van der Waals surface area (Å²) in [6, 6.07) is 20.7. The fourth-order valence-corrected chi connectivity index (χ4v) is 5.34. The molecule has 1 N–H and O–H groups in total. The number of morpholine rings is 1. The summed E-state index contributed by atoms with van der Waals surface area (Å²) >= 11 is 0. The monoisotopic (exact) mass is 519 g/mol. The third-order valence-corrected chi connectivity index (χ3v) is 7.27. The molecule has 0 bridgehead atoms. The van der Waals surface area contributed by atoms with Crippen LogP contribution in [-0.4, -0.2) is 46.7 Å². The van der Waals surface area contributed by atoms with Crippen molar-refractivity contribution in [2.75, 3.05) is 31.2 Å². The normalized spacial score (nSPS) is 14.5. The lowest BCUT2D eigenvalue weighted by Gasteiger charge is -2.30. The number of ether oxygens (including phenoxy) is 1. The molecule has 1 atom stereocenters. The van der Waals surface area contributed by atoms with E-state index in [0.29, 0.717) is 41.1 Å². The number of carbonyl (C=O) groups is 1. The van der Waals surface area contributed by atoms with E-state index >= 15 is 0 Å². The molecule has 2 aromatic carbocycles. The highest BCUT2D eigenvalue weighted by Crippen LogP contribution is 2.29. The molecule has 1 saturated heterocycles. The molecule has 0 spiro atoms. The predicted molar refractivity (Wildman–Crippen MR) is 153 cm³/mol. The van der Waals surface area contributed by atoms with E-state index in [0.717, 1.165) is 35.2 Å². The fraction of sp³-hybridized carbons (Fsp3) is 0.226. The maximum absolute atomic E-state index is 14.3. The lowest BCUT2D eigenvalue weighted by Crippen LogP contribution is -2.37. The van der Waals surface area contributed by atoms with Crippen molar-refractivity contribution >= 4 is 33.3 Å². The molecule has 8 nitrogen and oxygen atoms in total. The average Bonchev–Trinajstić information content (AvgIpc) is 2.97. The van der Waals surface area contributed by atoms with Gasteiger partial charge in [0.2, 0.25) is 0 Å². The zero-order valence-corrected chi connectivity index (χ0v) is 21.9. The number of para-hydroxylation sites is 1. The van der Waals surface area contributed by atoms with Gasteiger partial charge in [-0.3, -0.25) is 24.1 Å². The minimum Gasteiger partial charge on any atom is -0.378 e. The highest BCUT2D eigenvalue weighted by molar-refractivity contribution is 6.06. The number of nitrogens with zero attached hydrogens (tertiary/aromatic N) is 4. The number of fused-ring (bicyclic) bond motifs is 2. The van der Waals surface area contributed by atoms with Crippen molar-refractivity contribution in [2.45, 2.75) is 19.9 Å². The first-order chi connectivity index (χ1) is 19.0. The SMILES string of the molecule is Cc1ncc2cccnc2c1C(=O)N[C@@H](C)c1cc2cccc(N3CCOCC3)c2c(=O)n1-c1ccccc1. The number of rotatable bonds is 5. The molecule has 0 radical (unpaired) electrons. The Labute approximate surface area is 225 Å². The van der Waals surface area contributed by atoms with Crippen LogP contribution in [0.15, 0.2) is 83.9 Å². The van der Waals surface area contributed by atoms with E-state index in [2.05, 4.69) is 20.2 Å². The first-order valence-electron chi connectivity index (χ1n) is 13.1. The summed E-state index contributed by atoms with van der Waals surface area (Å²) in [6.07, 6.45) is 3.39. The molecule has 6 rings (SSSR count). The van der Waals surface area contributed by atoms with Crippen LogP contribution in [0.25, 0.3) is 27.4 Å². The van der Waals surface area contributed by atoms with Gasteiger partial charge in [-0.1, -0.05) is 30.3 Å². The molecule has 3 aromatic heterocycles. The predicted octanol–water partition coefficient (Wildman–Crippen LogP) is 4.57. The summed E-state index contributed by atoms with van der Waals surface area (Å²) in [5.41, 5.74) is 3.83. The van der Waals surface area contributed by atoms with Crippen LogP contribution in [0.5, 0.6) is 0 Å². The lowest BCUT2D eigenvalue weighted by atomic mass is 10.0. The van der Waals surface area contributed by atoms with Gasteiger partial charge in [-0.15, -0.1) is 0 Å². The van der Waals surface area contributed by atoms with Gasteiger partial charge >= 0.3 is 0 Å². The van der Waals surface area contributed by atoms with Crippen LogP contribution in [0, 0.1) is 6.92 Å². The van der Waals surface area contributed by atoms with Crippen LogP contribution in [0.3, 0.4) is 0 Å². The second-order valence-electron chi connectivity index (χ2n) is 9.74. The zero-order chi connectivity index (χ0) is 26.9.